The highest BCUT2D eigenvalue weighted by Crippen LogP contribution is 2.23. The maximum atomic E-state index is 12.2. The Morgan fingerprint density at radius 2 is 1.84 bits per heavy atom. The molecular formula is C17H17N5O3. The molecule has 0 aliphatic rings. The van der Waals surface area contributed by atoms with Crippen LogP contribution in [0.25, 0.3) is 11.4 Å². The van der Waals surface area contributed by atoms with Crippen LogP contribution in [0.15, 0.2) is 48.5 Å². The second-order valence-corrected chi connectivity index (χ2v) is 5.12. The molecule has 0 aliphatic heterocycles. The van der Waals surface area contributed by atoms with Gasteiger partial charge in [0, 0.05) is 5.56 Å². The maximum absolute atomic E-state index is 12.2. The molecule has 0 aliphatic carbocycles. The summed E-state index contributed by atoms with van der Waals surface area (Å²) in [6.45, 7) is -0.0544. The quantitative estimate of drug-likeness (QED) is 0.738. The van der Waals surface area contributed by atoms with Crippen LogP contribution in [-0.2, 0) is 11.3 Å². The van der Waals surface area contributed by atoms with Crippen molar-refractivity contribution in [2.75, 3.05) is 19.5 Å². The first-order chi connectivity index (χ1) is 12.2. The number of carbonyl (C=O) groups excluding carboxylic acids is 1. The molecule has 2 aromatic carbocycles. The fourth-order valence-electron chi connectivity index (χ4n) is 2.23. The number of nitrogens with zero attached hydrogens (tertiary/aromatic N) is 4. The van der Waals surface area contributed by atoms with Gasteiger partial charge in [0.1, 0.15) is 18.0 Å². The zero-order chi connectivity index (χ0) is 17.6. The fraction of sp³-hybridized carbons (Fsp3) is 0.176. The van der Waals surface area contributed by atoms with Gasteiger partial charge in [-0.05, 0) is 41.6 Å². The van der Waals surface area contributed by atoms with E-state index in [1.807, 2.05) is 36.4 Å². The van der Waals surface area contributed by atoms with Gasteiger partial charge in [-0.2, -0.15) is 4.80 Å². The first kappa shape index (κ1) is 16.4. The molecule has 1 N–H and O–H groups in total. The second kappa shape index (κ2) is 7.43. The number of ether oxygens (including phenoxy) is 2. The Bertz CT molecular complexity index is 861. The van der Waals surface area contributed by atoms with Crippen LogP contribution in [0.2, 0.25) is 0 Å². The van der Waals surface area contributed by atoms with Gasteiger partial charge in [0.15, 0.2) is 0 Å². The average molecular weight is 339 g/mol. The van der Waals surface area contributed by atoms with E-state index in [2.05, 4.69) is 20.7 Å². The van der Waals surface area contributed by atoms with Crippen LogP contribution in [0.3, 0.4) is 0 Å². The van der Waals surface area contributed by atoms with Gasteiger partial charge in [-0.15, -0.1) is 10.2 Å². The summed E-state index contributed by atoms with van der Waals surface area (Å²) < 4.78 is 10.3. The Morgan fingerprint density at radius 3 is 2.56 bits per heavy atom. The molecule has 25 heavy (non-hydrogen) atoms. The lowest BCUT2D eigenvalue weighted by Gasteiger charge is -2.09. The molecule has 0 spiro atoms. The summed E-state index contributed by atoms with van der Waals surface area (Å²) in [6.07, 6.45) is 0. The molecule has 3 aromatic rings. The Labute approximate surface area is 144 Å². The van der Waals surface area contributed by atoms with Crippen LogP contribution in [0.1, 0.15) is 0 Å². The van der Waals surface area contributed by atoms with Gasteiger partial charge in [0.25, 0.3) is 0 Å². The zero-order valence-corrected chi connectivity index (χ0v) is 13.8. The van der Waals surface area contributed by atoms with Crippen LogP contribution in [0, 0.1) is 0 Å². The first-order valence-electron chi connectivity index (χ1n) is 7.54. The largest absolute Gasteiger partial charge is 0.497 e. The van der Waals surface area contributed by atoms with Gasteiger partial charge >= 0.3 is 0 Å². The Morgan fingerprint density at radius 1 is 1.08 bits per heavy atom. The summed E-state index contributed by atoms with van der Waals surface area (Å²) in [6, 6.07) is 14.4. The molecule has 0 radical (unpaired) electrons. The van der Waals surface area contributed by atoms with E-state index in [1.165, 1.54) is 4.80 Å². The number of carbonyl (C=O) groups is 1. The predicted octanol–water partition coefficient (Wildman–Crippen LogP) is 2.00. The van der Waals surface area contributed by atoms with Crippen LogP contribution in [0.5, 0.6) is 11.5 Å². The average Bonchev–Trinajstić information content (AvgIpc) is 3.10. The molecule has 8 nitrogen and oxygen atoms in total. The molecular weight excluding hydrogens is 322 g/mol. The standard InChI is InChI=1S/C17H17N5O3/c1-24-13-9-7-12(8-10-13)17-19-21-22(20-17)11-16(23)18-14-5-3-4-6-15(14)25-2/h3-10H,11H2,1-2H3,(H,18,23). The van der Waals surface area contributed by atoms with E-state index in [1.54, 1.807) is 26.4 Å². The molecule has 0 fully saturated rings. The molecule has 0 atom stereocenters. The number of aromatic nitrogens is 4. The van der Waals surface area contributed by atoms with Crippen molar-refractivity contribution in [2.24, 2.45) is 0 Å². The minimum atomic E-state index is -0.275. The van der Waals surface area contributed by atoms with Crippen LogP contribution in [-0.4, -0.2) is 40.3 Å². The van der Waals surface area contributed by atoms with Crippen LogP contribution in [0.4, 0.5) is 5.69 Å². The van der Waals surface area contributed by atoms with Crippen molar-refractivity contribution >= 4 is 11.6 Å². The lowest BCUT2D eigenvalue weighted by molar-refractivity contribution is -0.117. The third kappa shape index (κ3) is 3.92. The van der Waals surface area contributed by atoms with Crippen LogP contribution >= 0.6 is 0 Å². The van der Waals surface area contributed by atoms with Gasteiger partial charge in [0.2, 0.25) is 11.7 Å². The smallest absolute Gasteiger partial charge is 0.248 e. The van der Waals surface area contributed by atoms with Crippen molar-refractivity contribution < 1.29 is 14.3 Å². The number of methoxy groups -OCH3 is 2. The van der Waals surface area contributed by atoms with E-state index in [0.717, 1.165) is 11.3 Å². The van der Waals surface area contributed by atoms with E-state index in [9.17, 15) is 4.79 Å². The SMILES string of the molecule is COc1ccc(-c2nnn(CC(=O)Nc3ccccc3OC)n2)cc1. The summed E-state index contributed by atoms with van der Waals surface area (Å²) in [7, 11) is 3.15. The van der Waals surface area contributed by atoms with Crippen molar-refractivity contribution in [3.8, 4) is 22.9 Å². The van der Waals surface area contributed by atoms with E-state index in [-0.39, 0.29) is 12.5 Å². The van der Waals surface area contributed by atoms with E-state index in [0.29, 0.717) is 17.3 Å². The van der Waals surface area contributed by atoms with Gasteiger partial charge in [0.05, 0.1) is 19.9 Å². The van der Waals surface area contributed by atoms with Crippen molar-refractivity contribution in [3.05, 3.63) is 48.5 Å². The van der Waals surface area contributed by atoms with E-state index < -0.39 is 0 Å². The number of para-hydroxylation sites is 2. The number of anilines is 1. The van der Waals surface area contributed by atoms with Gasteiger partial charge < -0.3 is 14.8 Å². The van der Waals surface area contributed by atoms with Gasteiger partial charge in [-0.3, -0.25) is 4.79 Å². The number of hydrogen-bond donors (Lipinski definition) is 1. The lowest BCUT2D eigenvalue weighted by atomic mass is 10.2. The molecule has 1 heterocycles. The zero-order valence-electron chi connectivity index (χ0n) is 13.8. The Hall–Kier alpha value is -3.42. The highest BCUT2D eigenvalue weighted by Gasteiger charge is 2.11. The van der Waals surface area contributed by atoms with Crippen molar-refractivity contribution in [1.29, 1.82) is 0 Å². The van der Waals surface area contributed by atoms with E-state index in [4.69, 9.17) is 9.47 Å². The number of rotatable bonds is 6. The molecule has 0 bridgehead atoms. The Kier molecular flexibility index (Phi) is 4.89. The molecule has 1 aromatic heterocycles. The van der Waals surface area contributed by atoms with Gasteiger partial charge in [-0.25, -0.2) is 0 Å². The highest BCUT2D eigenvalue weighted by molar-refractivity contribution is 5.91. The molecule has 8 heteroatoms. The maximum Gasteiger partial charge on any atom is 0.248 e. The lowest BCUT2D eigenvalue weighted by Crippen LogP contribution is -2.20. The Balaban J connectivity index is 1.67. The number of benzene rings is 2. The first-order valence-corrected chi connectivity index (χ1v) is 7.54. The molecule has 0 unspecified atom stereocenters. The normalized spacial score (nSPS) is 10.3. The highest BCUT2D eigenvalue weighted by atomic mass is 16.5. The summed E-state index contributed by atoms with van der Waals surface area (Å²) in [5.41, 5.74) is 1.38. The number of amides is 1. The number of tetrazole rings is 1. The minimum absolute atomic E-state index is 0.0544. The monoisotopic (exact) mass is 339 g/mol. The summed E-state index contributed by atoms with van der Waals surface area (Å²) in [5.74, 6) is 1.49. The summed E-state index contributed by atoms with van der Waals surface area (Å²) >= 11 is 0. The molecule has 3 rings (SSSR count). The van der Waals surface area contributed by atoms with Crippen molar-refractivity contribution in [3.63, 3.8) is 0 Å². The molecule has 1 amide bonds. The van der Waals surface area contributed by atoms with E-state index >= 15 is 0 Å². The van der Waals surface area contributed by atoms with Crippen molar-refractivity contribution in [1.82, 2.24) is 20.2 Å². The van der Waals surface area contributed by atoms with Crippen molar-refractivity contribution in [2.45, 2.75) is 6.54 Å². The molecule has 0 saturated carbocycles. The third-order valence-electron chi connectivity index (χ3n) is 3.47. The summed E-state index contributed by atoms with van der Waals surface area (Å²) in [4.78, 5) is 13.4. The topological polar surface area (TPSA) is 91.2 Å². The number of nitrogens with one attached hydrogen (secondary N) is 1. The van der Waals surface area contributed by atoms with Crippen LogP contribution < -0.4 is 14.8 Å². The fourth-order valence-corrected chi connectivity index (χ4v) is 2.23. The third-order valence-corrected chi connectivity index (χ3v) is 3.47. The molecule has 128 valence electrons. The summed E-state index contributed by atoms with van der Waals surface area (Å²) in [5, 5.41) is 14.9. The second-order valence-electron chi connectivity index (χ2n) is 5.12. The molecule has 0 saturated heterocycles. The minimum Gasteiger partial charge on any atom is -0.497 e. The van der Waals surface area contributed by atoms with Gasteiger partial charge in [-0.1, -0.05) is 12.1 Å². The number of hydrogen-bond acceptors (Lipinski definition) is 6. The predicted molar refractivity (Wildman–Crippen MR) is 91.4 cm³/mol.